The number of aliphatic hydroxyl groups excluding tert-OH is 1. The maximum atomic E-state index is 11.9. The van der Waals surface area contributed by atoms with Gasteiger partial charge in [-0.05, 0) is 12.8 Å². The highest BCUT2D eigenvalue weighted by Gasteiger charge is 2.25. The van der Waals surface area contributed by atoms with Crippen LogP contribution in [0, 0.1) is 5.92 Å². The monoisotopic (exact) mass is 248 g/mol. The highest BCUT2D eigenvalue weighted by Crippen LogP contribution is 2.24. The zero-order chi connectivity index (χ0) is 12.5. The van der Waals surface area contributed by atoms with Crippen LogP contribution in [0.4, 0.5) is 0 Å². The highest BCUT2D eigenvalue weighted by molar-refractivity contribution is 5.96. The third-order valence-corrected chi connectivity index (χ3v) is 3.63. The molecule has 5 heteroatoms. The van der Waals surface area contributed by atoms with E-state index >= 15 is 0 Å². The fraction of sp³-hybridized carbons (Fsp3) is 0.462. The van der Waals surface area contributed by atoms with Crippen LogP contribution in [0.3, 0.4) is 0 Å². The minimum Gasteiger partial charge on any atom is -0.463 e. The summed E-state index contributed by atoms with van der Waals surface area (Å²) in [6.07, 6.45) is 4.17. The lowest BCUT2D eigenvalue weighted by molar-refractivity contribution is 0.0912. The summed E-state index contributed by atoms with van der Waals surface area (Å²) in [5.74, 6) is 0.0346. The number of carbonyl (C=O) groups is 1. The van der Waals surface area contributed by atoms with E-state index in [0.29, 0.717) is 17.8 Å². The number of H-pyrrole nitrogens is 1. The Morgan fingerprint density at radius 3 is 3.17 bits per heavy atom. The molecule has 0 saturated heterocycles. The summed E-state index contributed by atoms with van der Waals surface area (Å²) >= 11 is 0. The number of hydrogen-bond acceptors (Lipinski definition) is 3. The Balaban J connectivity index is 1.62. The lowest BCUT2D eigenvalue weighted by atomic mass is 10.1. The molecule has 3 N–H and O–H groups in total. The molecule has 0 spiro atoms. The number of aliphatic hydroxyl groups is 1. The molecule has 0 bridgehead atoms. The van der Waals surface area contributed by atoms with Crippen LogP contribution in [0.25, 0.3) is 11.1 Å². The Morgan fingerprint density at radius 1 is 1.56 bits per heavy atom. The molecule has 96 valence electrons. The van der Waals surface area contributed by atoms with Crippen molar-refractivity contribution in [3.05, 3.63) is 24.1 Å². The van der Waals surface area contributed by atoms with Crippen molar-refractivity contribution in [2.75, 3.05) is 6.54 Å². The quantitative estimate of drug-likeness (QED) is 0.772. The fourth-order valence-electron chi connectivity index (χ4n) is 2.54. The van der Waals surface area contributed by atoms with Gasteiger partial charge in [0.2, 0.25) is 0 Å². The van der Waals surface area contributed by atoms with Gasteiger partial charge in [-0.15, -0.1) is 0 Å². The van der Waals surface area contributed by atoms with E-state index in [4.69, 9.17) is 4.42 Å². The number of carbonyl (C=O) groups excluding carboxylic acids is 1. The molecule has 1 amide bonds. The first-order chi connectivity index (χ1) is 8.74. The fourth-order valence-corrected chi connectivity index (χ4v) is 2.54. The van der Waals surface area contributed by atoms with Crippen molar-refractivity contribution in [3.63, 3.8) is 0 Å². The molecule has 2 aromatic heterocycles. The van der Waals surface area contributed by atoms with E-state index in [1.165, 1.54) is 0 Å². The van der Waals surface area contributed by atoms with E-state index in [1.54, 1.807) is 18.4 Å². The molecule has 0 aromatic carbocycles. The van der Waals surface area contributed by atoms with Crippen LogP contribution in [0.15, 0.2) is 22.8 Å². The largest absolute Gasteiger partial charge is 0.463 e. The summed E-state index contributed by atoms with van der Waals surface area (Å²) in [5, 5.41) is 12.5. The van der Waals surface area contributed by atoms with Gasteiger partial charge in [0.15, 0.2) is 5.58 Å². The predicted octanol–water partition coefficient (Wildman–Crippen LogP) is 1.65. The van der Waals surface area contributed by atoms with Crippen molar-refractivity contribution in [3.8, 4) is 0 Å². The molecule has 1 saturated carbocycles. The minimum atomic E-state index is -0.273. The van der Waals surface area contributed by atoms with E-state index in [-0.39, 0.29) is 17.9 Å². The lowest BCUT2D eigenvalue weighted by Gasteiger charge is -2.14. The van der Waals surface area contributed by atoms with E-state index in [2.05, 4.69) is 10.3 Å². The number of rotatable bonds is 3. The second kappa shape index (κ2) is 4.49. The summed E-state index contributed by atoms with van der Waals surface area (Å²) in [6.45, 7) is 0.528. The Bertz CT molecular complexity index is 529. The van der Waals surface area contributed by atoms with Gasteiger partial charge >= 0.3 is 0 Å². The van der Waals surface area contributed by atoms with E-state index in [9.17, 15) is 9.90 Å². The van der Waals surface area contributed by atoms with Crippen molar-refractivity contribution >= 4 is 17.0 Å². The van der Waals surface area contributed by atoms with Gasteiger partial charge in [0, 0.05) is 24.6 Å². The predicted molar refractivity (Wildman–Crippen MR) is 66.2 cm³/mol. The Hall–Kier alpha value is -1.75. The Morgan fingerprint density at radius 2 is 2.44 bits per heavy atom. The third kappa shape index (κ3) is 2.01. The molecule has 18 heavy (non-hydrogen) atoms. The molecule has 1 aliphatic rings. The van der Waals surface area contributed by atoms with Gasteiger partial charge in [-0.25, -0.2) is 0 Å². The van der Waals surface area contributed by atoms with Crippen LogP contribution in [0.1, 0.15) is 29.8 Å². The number of aromatic amines is 1. The van der Waals surface area contributed by atoms with Gasteiger partial charge in [-0.2, -0.15) is 0 Å². The van der Waals surface area contributed by atoms with E-state index < -0.39 is 0 Å². The average Bonchev–Trinajstić information content (AvgIpc) is 3.00. The second-order valence-corrected chi connectivity index (χ2v) is 4.85. The van der Waals surface area contributed by atoms with Crippen molar-refractivity contribution in [2.24, 2.45) is 5.92 Å². The van der Waals surface area contributed by atoms with Crippen molar-refractivity contribution in [1.82, 2.24) is 10.3 Å². The van der Waals surface area contributed by atoms with Gasteiger partial charge in [0.05, 0.1) is 17.9 Å². The lowest BCUT2D eigenvalue weighted by Crippen LogP contribution is -2.32. The van der Waals surface area contributed by atoms with E-state index in [1.807, 2.05) is 0 Å². The van der Waals surface area contributed by atoms with Crippen LogP contribution in [-0.2, 0) is 0 Å². The van der Waals surface area contributed by atoms with Crippen LogP contribution in [0.2, 0.25) is 0 Å². The van der Waals surface area contributed by atoms with Gasteiger partial charge in [0.1, 0.15) is 5.69 Å². The molecular weight excluding hydrogens is 232 g/mol. The number of furan rings is 1. The highest BCUT2D eigenvalue weighted by atomic mass is 16.3. The van der Waals surface area contributed by atoms with Crippen molar-refractivity contribution in [1.29, 1.82) is 0 Å². The van der Waals surface area contributed by atoms with Crippen LogP contribution < -0.4 is 5.32 Å². The van der Waals surface area contributed by atoms with Gasteiger partial charge in [-0.3, -0.25) is 4.79 Å². The molecule has 2 heterocycles. The smallest absolute Gasteiger partial charge is 0.267 e. The Kier molecular flexibility index (Phi) is 2.83. The normalized spacial score (nSPS) is 23.6. The zero-order valence-corrected chi connectivity index (χ0v) is 9.98. The molecule has 2 unspecified atom stereocenters. The van der Waals surface area contributed by atoms with Crippen LogP contribution in [0.5, 0.6) is 0 Å². The summed E-state index contributed by atoms with van der Waals surface area (Å²) in [5.41, 5.74) is 2.00. The molecule has 3 rings (SSSR count). The standard InChI is InChI=1S/C13H16N2O3/c16-11-3-1-2-8(11)7-14-13(17)10-6-12-9(15-10)4-5-18-12/h4-6,8,11,15-16H,1-3,7H2,(H,14,17). The molecule has 1 fully saturated rings. The Labute approximate surface area is 104 Å². The van der Waals surface area contributed by atoms with Crippen molar-refractivity contribution in [2.45, 2.75) is 25.4 Å². The molecular formula is C13H16N2O3. The number of fused-ring (bicyclic) bond motifs is 1. The van der Waals surface area contributed by atoms with Crippen LogP contribution in [-0.4, -0.2) is 28.6 Å². The molecule has 1 aliphatic carbocycles. The summed E-state index contributed by atoms with van der Waals surface area (Å²) in [7, 11) is 0. The molecule has 5 nitrogen and oxygen atoms in total. The maximum absolute atomic E-state index is 11.9. The van der Waals surface area contributed by atoms with Gasteiger partial charge in [0.25, 0.3) is 5.91 Å². The second-order valence-electron chi connectivity index (χ2n) is 4.85. The number of aromatic nitrogens is 1. The topological polar surface area (TPSA) is 78.3 Å². The summed E-state index contributed by atoms with van der Waals surface area (Å²) in [6, 6.07) is 3.47. The molecule has 2 aromatic rings. The third-order valence-electron chi connectivity index (χ3n) is 3.63. The van der Waals surface area contributed by atoms with E-state index in [0.717, 1.165) is 24.8 Å². The summed E-state index contributed by atoms with van der Waals surface area (Å²) < 4.78 is 5.19. The number of nitrogens with one attached hydrogen (secondary N) is 2. The van der Waals surface area contributed by atoms with Crippen LogP contribution >= 0.6 is 0 Å². The zero-order valence-electron chi connectivity index (χ0n) is 9.98. The first-order valence-electron chi connectivity index (χ1n) is 6.26. The maximum Gasteiger partial charge on any atom is 0.267 e. The average molecular weight is 248 g/mol. The summed E-state index contributed by atoms with van der Waals surface area (Å²) in [4.78, 5) is 14.9. The SMILES string of the molecule is O=C(NCC1CCCC1O)c1cc2occc2[nH]1. The van der Waals surface area contributed by atoms with Crippen molar-refractivity contribution < 1.29 is 14.3 Å². The molecule has 2 atom stereocenters. The first-order valence-corrected chi connectivity index (χ1v) is 6.26. The number of amides is 1. The minimum absolute atomic E-state index is 0.152. The van der Waals surface area contributed by atoms with Gasteiger partial charge in [-0.1, -0.05) is 6.42 Å². The number of hydrogen-bond donors (Lipinski definition) is 3. The first kappa shape index (κ1) is 11.3. The van der Waals surface area contributed by atoms with Gasteiger partial charge < -0.3 is 19.8 Å². The molecule has 0 radical (unpaired) electrons. The molecule has 0 aliphatic heterocycles.